The van der Waals surface area contributed by atoms with E-state index in [0.29, 0.717) is 33.9 Å². The van der Waals surface area contributed by atoms with E-state index < -0.39 is 8.60 Å². The maximum Gasteiger partial charge on any atom is 0.530 e. The Hall–Kier alpha value is -3.11. The number of phenols is 3. The molecule has 0 aliphatic carbocycles. The van der Waals surface area contributed by atoms with E-state index in [4.69, 9.17) is 13.6 Å². The van der Waals surface area contributed by atoms with Crippen LogP contribution in [0.3, 0.4) is 0 Å². The van der Waals surface area contributed by atoms with Crippen LogP contribution >= 0.6 is 8.60 Å². The average Bonchev–Trinajstić information content (AvgIpc) is 2.78. The van der Waals surface area contributed by atoms with E-state index in [9.17, 15) is 15.3 Å². The molecule has 6 nitrogen and oxygen atoms in total. The van der Waals surface area contributed by atoms with Crippen molar-refractivity contribution in [3.05, 3.63) is 69.8 Å². The van der Waals surface area contributed by atoms with Crippen molar-refractivity contribution < 1.29 is 28.9 Å². The van der Waals surface area contributed by atoms with E-state index >= 15 is 0 Å². The van der Waals surface area contributed by atoms with Gasteiger partial charge >= 0.3 is 8.60 Å². The third-order valence-corrected chi connectivity index (χ3v) is 7.87. The van der Waals surface area contributed by atoms with Gasteiger partial charge in [-0.1, -0.05) is 62.3 Å². The maximum absolute atomic E-state index is 10.5. The second kappa shape index (κ2) is 11.0. The van der Waals surface area contributed by atoms with E-state index in [0.717, 1.165) is 16.7 Å². The monoisotopic (exact) mass is 568 g/mol. The second-order valence-corrected chi connectivity index (χ2v) is 14.6. The van der Waals surface area contributed by atoms with Gasteiger partial charge in [-0.25, -0.2) is 0 Å². The highest BCUT2D eigenvalue weighted by molar-refractivity contribution is 7.43. The van der Waals surface area contributed by atoms with Crippen LogP contribution in [-0.2, 0) is 16.2 Å². The standard InChI is InChI=1S/C33H45O6P/c1-19-13-28(22(16-25(19)34)31(4,5)6)37-40(38-29-14-20(2)26(35)17-23(29)32(7,8)9)39-30-15-21(3)27(36)18-24(30)33(10,11)12/h13-18,34-36H,1-12H3. The molecule has 3 rings (SSSR count). The largest absolute Gasteiger partial charge is 0.530 e. The fourth-order valence-corrected chi connectivity index (χ4v) is 5.34. The first-order valence-electron chi connectivity index (χ1n) is 13.5. The molecule has 0 saturated carbocycles. The highest BCUT2D eigenvalue weighted by Crippen LogP contribution is 2.51. The molecular formula is C33H45O6P. The zero-order valence-corrected chi connectivity index (χ0v) is 26.9. The van der Waals surface area contributed by atoms with Crippen LogP contribution in [0.15, 0.2) is 36.4 Å². The molecule has 40 heavy (non-hydrogen) atoms. The number of aryl methyl sites for hydroxylation is 3. The van der Waals surface area contributed by atoms with Gasteiger partial charge in [0.15, 0.2) is 0 Å². The molecule has 0 bridgehead atoms. The molecule has 0 amide bonds. The van der Waals surface area contributed by atoms with Crippen LogP contribution in [0.1, 0.15) is 95.7 Å². The molecule has 0 unspecified atom stereocenters. The molecule has 3 aromatic carbocycles. The Bertz CT molecular complexity index is 1220. The first kappa shape index (κ1) is 31.4. The van der Waals surface area contributed by atoms with Crippen molar-refractivity contribution in [2.24, 2.45) is 0 Å². The molecule has 0 radical (unpaired) electrons. The predicted octanol–water partition coefficient (Wildman–Crippen LogP) is 9.38. The first-order valence-corrected chi connectivity index (χ1v) is 14.6. The molecule has 0 fully saturated rings. The van der Waals surface area contributed by atoms with E-state index in [1.54, 1.807) is 36.4 Å². The summed E-state index contributed by atoms with van der Waals surface area (Å²) in [6, 6.07) is 10.6. The Kier molecular flexibility index (Phi) is 8.68. The summed E-state index contributed by atoms with van der Waals surface area (Å²) in [5.74, 6) is 2.23. The van der Waals surface area contributed by atoms with Crippen molar-refractivity contribution >= 4 is 8.60 Å². The van der Waals surface area contributed by atoms with E-state index in [2.05, 4.69) is 62.3 Å². The van der Waals surface area contributed by atoms with Crippen molar-refractivity contribution in [3.8, 4) is 34.5 Å². The molecule has 0 atom stereocenters. The van der Waals surface area contributed by atoms with Crippen LogP contribution in [0.5, 0.6) is 34.5 Å². The summed E-state index contributed by atoms with van der Waals surface area (Å²) in [6.07, 6.45) is 0. The minimum absolute atomic E-state index is 0.191. The third-order valence-electron chi connectivity index (χ3n) is 6.84. The molecule has 0 aliphatic heterocycles. The van der Waals surface area contributed by atoms with Gasteiger partial charge in [-0.15, -0.1) is 0 Å². The van der Waals surface area contributed by atoms with Crippen LogP contribution in [0.4, 0.5) is 0 Å². The number of aromatic hydroxyl groups is 3. The summed E-state index contributed by atoms with van der Waals surface area (Å²) < 4.78 is 19.7. The van der Waals surface area contributed by atoms with Gasteiger partial charge in [0, 0.05) is 16.7 Å². The van der Waals surface area contributed by atoms with Crippen molar-refractivity contribution in [2.75, 3.05) is 0 Å². The van der Waals surface area contributed by atoms with Crippen LogP contribution in [0, 0.1) is 20.8 Å². The van der Waals surface area contributed by atoms with Gasteiger partial charge in [0.2, 0.25) is 0 Å². The van der Waals surface area contributed by atoms with Crippen molar-refractivity contribution in [3.63, 3.8) is 0 Å². The van der Waals surface area contributed by atoms with E-state index in [1.807, 2.05) is 20.8 Å². The summed E-state index contributed by atoms with van der Waals surface area (Å²) in [4.78, 5) is 0. The Labute approximate surface area is 241 Å². The van der Waals surface area contributed by atoms with Crippen LogP contribution < -0.4 is 13.6 Å². The van der Waals surface area contributed by atoms with Crippen molar-refractivity contribution in [2.45, 2.75) is 99.3 Å². The van der Waals surface area contributed by atoms with Gasteiger partial charge in [0.1, 0.15) is 34.5 Å². The van der Waals surface area contributed by atoms with Crippen LogP contribution in [0.25, 0.3) is 0 Å². The number of hydrogen-bond acceptors (Lipinski definition) is 6. The Balaban J connectivity index is 2.22. The average molecular weight is 569 g/mol. The highest BCUT2D eigenvalue weighted by Gasteiger charge is 2.31. The van der Waals surface area contributed by atoms with Crippen LogP contribution in [0.2, 0.25) is 0 Å². The Morgan fingerprint density at radius 1 is 0.450 bits per heavy atom. The lowest BCUT2D eigenvalue weighted by molar-refractivity contribution is 0.369. The molecule has 3 aromatic rings. The first-order chi connectivity index (χ1) is 18.2. The fourth-order valence-electron chi connectivity index (χ4n) is 4.29. The van der Waals surface area contributed by atoms with Gasteiger partial charge < -0.3 is 28.9 Å². The van der Waals surface area contributed by atoms with E-state index in [-0.39, 0.29) is 33.5 Å². The number of hydrogen-bond donors (Lipinski definition) is 3. The van der Waals surface area contributed by atoms with Gasteiger partial charge in [0.05, 0.1) is 0 Å². The van der Waals surface area contributed by atoms with Crippen molar-refractivity contribution in [1.82, 2.24) is 0 Å². The summed E-state index contributed by atoms with van der Waals surface area (Å²) in [6.45, 7) is 23.9. The SMILES string of the molecule is Cc1cc(OP(Oc2cc(C)c(O)cc2C(C)(C)C)Oc2cc(C)c(O)cc2C(C)(C)C)c(C(C)(C)C)cc1O. The normalized spacial score (nSPS) is 12.5. The minimum atomic E-state index is -2.09. The molecular weight excluding hydrogens is 523 g/mol. The lowest BCUT2D eigenvalue weighted by atomic mass is 9.85. The molecule has 0 aromatic heterocycles. The maximum atomic E-state index is 10.5. The summed E-state index contributed by atoms with van der Waals surface area (Å²) in [5.41, 5.74) is 3.44. The highest BCUT2D eigenvalue weighted by atomic mass is 31.2. The third kappa shape index (κ3) is 7.14. The number of benzene rings is 3. The number of rotatable bonds is 6. The summed E-state index contributed by atoms with van der Waals surface area (Å²) >= 11 is 0. The molecule has 0 aliphatic rings. The number of phenolic OH excluding ortho intramolecular Hbond substituents is 3. The van der Waals surface area contributed by atoms with Gasteiger partial charge in [0.25, 0.3) is 0 Å². The molecule has 0 saturated heterocycles. The molecule has 0 heterocycles. The lowest BCUT2D eigenvalue weighted by Crippen LogP contribution is -2.17. The lowest BCUT2D eigenvalue weighted by Gasteiger charge is -2.29. The topological polar surface area (TPSA) is 88.4 Å². The van der Waals surface area contributed by atoms with Crippen LogP contribution in [-0.4, -0.2) is 15.3 Å². The smallest absolute Gasteiger partial charge is 0.508 e. The molecule has 0 spiro atoms. The Morgan fingerprint density at radius 3 is 0.875 bits per heavy atom. The fraction of sp³-hybridized carbons (Fsp3) is 0.455. The van der Waals surface area contributed by atoms with E-state index in [1.165, 1.54) is 0 Å². The molecule has 3 N–H and O–H groups in total. The minimum Gasteiger partial charge on any atom is -0.508 e. The molecule has 7 heteroatoms. The second-order valence-electron chi connectivity index (χ2n) is 13.7. The summed E-state index contributed by atoms with van der Waals surface area (Å²) in [7, 11) is -2.09. The van der Waals surface area contributed by atoms with Gasteiger partial charge in [-0.05, 0) is 90.1 Å². The van der Waals surface area contributed by atoms with Crippen molar-refractivity contribution in [1.29, 1.82) is 0 Å². The quantitative estimate of drug-likeness (QED) is 0.257. The predicted molar refractivity (Wildman–Crippen MR) is 163 cm³/mol. The van der Waals surface area contributed by atoms with Gasteiger partial charge in [-0.2, -0.15) is 0 Å². The summed E-state index contributed by atoms with van der Waals surface area (Å²) in [5, 5.41) is 31.5. The zero-order valence-electron chi connectivity index (χ0n) is 26.0. The zero-order chi connectivity index (χ0) is 30.4. The Morgan fingerprint density at radius 2 is 0.675 bits per heavy atom. The molecule has 218 valence electrons. The van der Waals surface area contributed by atoms with Gasteiger partial charge in [-0.3, -0.25) is 0 Å².